The second-order valence-electron chi connectivity index (χ2n) is 14.0. The van der Waals surface area contributed by atoms with Gasteiger partial charge in [0.15, 0.2) is 0 Å². The number of aromatic carboxylic acids is 4. The maximum Gasteiger partial charge on any atom is 0.335 e. The van der Waals surface area contributed by atoms with E-state index in [4.69, 9.17) is 9.97 Å². The standard InChI is InChI=1S/C48H30N4O8.Pt/c53-45(54)29-7-1-26(2-8-29)41-39-22-19-36(51-39)24-35-16-15-33(49-35)23-34-17-18-37(50-34)25-40-42(27-3-9-30(10-4-27)46(55)56)43(28-5-11-31(12-6-28)47(57)58)44(41)52(40)38-20-13-32(14-21-38)48(59)60;/h1-25,49H,(H,53,54)(H,55,56)(H,57,58)(H,59,60);. The fourth-order valence-corrected chi connectivity index (χ4v) is 7.51. The van der Waals surface area contributed by atoms with Crippen LogP contribution in [0.1, 0.15) is 64.2 Å². The second-order valence-corrected chi connectivity index (χ2v) is 14.0. The van der Waals surface area contributed by atoms with E-state index in [0.29, 0.717) is 72.9 Å². The summed E-state index contributed by atoms with van der Waals surface area (Å²) in [4.78, 5) is 61.9. The first kappa shape index (κ1) is 39.9. The summed E-state index contributed by atoms with van der Waals surface area (Å²) in [6.07, 6.45) is 7.46. The van der Waals surface area contributed by atoms with Crippen molar-refractivity contribution in [2.24, 2.45) is 0 Å². The van der Waals surface area contributed by atoms with E-state index in [9.17, 15) is 39.6 Å². The SMILES string of the molecule is O=C(O)c1ccc(-c2c(-c3ccc(C(=O)O)cc3)c3c(-c4ccc(C(=O)O)cc4)c4nc(cc5ccc(cc6nc(cc2n3-c2ccc(C(=O)O)cc2)C=C6)[nH]5)C=C4)cc1.[Pt]. The summed E-state index contributed by atoms with van der Waals surface area (Å²) in [5, 5.41) is 39.6. The average Bonchev–Trinajstić information content (AvgIpc) is 4.06. The molecule has 0 unspecified atom stereocenters. The van der Waals surface area contributed by atoms with Crippen LogP contribution in [-0.2, 0) is 21.1 Å². The fraction of sp³-hybridized carbons (Fsp3) is 0. The summed E-state index contributed by atoms with van der Waals surface area (Å²) in [6, 6.07) is 35.1. The van der Waals surface area contributed by atoms with Crippen molar-refractivity contribution >= 4 is 70.2 Å². The molecule has 5 N–H and O–H groups in total. The molecule has 12 nitrogen and oxygen atoms in total. The number of aromatic nitrogens is 4. The Hall–Kier alpha value is -7.95. The number of fused-ring (bicyclic) bond motifs is 8. The molecule has 0 aliphatic carbocycles. The molecule has 0 spiro atoms. The van der Waals surface area contributed by atoms with Gasteiger partial charge in [0.25, 0.3) is 0 Å². The molecule has 7 aromatic rings. The number of rotatable bonds is 8. The predicted molar refractivity (Wildman–Crippen MR) is 228 cm³/mol. The molecule has 0 amide bonds. The molecule has 61 heavy (non-hydrogen) atoms. The molecule has 9 rings (SSSR count). The number of hydrogen-bond acceptors (Lipinski definition) is 6. The summed E-state index contributed by atoms with van der Waals surface area (Å²) in [6.45, 7) is 0. The van der Waals surface area contributed by atoms with Crippen molar-refractivity contribution in [2.45, 2.75) is 0 Å². The quantitative estimate of drug-likeness (QED) is 0.0978. The van der Waals surface area contributed by atoms with Crippen LogP contribution in [0.4, 0.5) is 0 Å². The van der Waals surface area contributed by atoms with Crippen LogP contribution < -0.4 is 0 Å². The van der Waals surface area contributed by atoms with Crippen molar-refractivity contribution in [1.29, 1.82) is 0 Å². The predicted octanol–water partition coefficient (Wildman–Crippen LogP) is 9.91. The smallest absolute Gasteiger partial charge is 0.335 e. The third kappa shape index (κ3) is 7.59. The van der Waals surface area contributed by atoms with Gasteiger partial charge in [-0.2, -0.15) is 0 Å². The number of nitrogens with one attached hydrogen (secondary N) is 1. The number of carboxylic acids is 4. The van der Waals surface area contributed by atoms with Crippen LogP contribution in [0.2, 0.25) is 0 Å². The first-order valence-corrected chi connectivity index (χ1v) is 18.5. The van der Waals surface area contributed by atoms with Crippen molar-refractivity contribution in [3.8, 4) is 39.1 Å². The number of benzene rings is 4. The van der Waals surface area contributed by atoms with Crippen LogP contribution in [0.3, 0.4) is 0 Å². The Balaban J connectivity index is 0.00000514. The Morgan fingerprint density at radius 3 is 1.31 bits per heavy atom. The zero-order valence-corrected chi connectivity index (χ0v) is 33.8. The molecule has 0 saturated carbocycles. The maximum absolute atomic E-state index is 12.1. The van der Waals surface area contributed by atoms with Crippen molar-refractivity contribution in [2.75, 3.05) is 0 Å². The minimum absolute atomic E-state index is 0. The van der Waals surface area contributed by atoms with Crippen molar-refractivity contribution in [3.63, 3.8) is 0 Å². The third-order valence-corrected chi connectivity index (χ3v) is 10.3. The van der Waals surface area contributed by atoms with Crippen molar-refractivity contribution in [1.82, 2.24) is 19.5 Å². The average molecular weight is 986 g/mol. The first-order chi connectivity index (χ1) is 29.0. The zero-order valence-electron chi connectivity index (χ0n) is 31.5. The van der Waals surface area contributed by atoms with Gasteiger partial charge in [-0.1, -0.05) is 36.4 Å². The Kier molecular flexibility index (Phi) is 10.5. The molecule has 5 heterocycles. The van der Waals surface area contributed by atoms with Gasteiger partial charge in [0.05, 0.1) is 56.1 Å². The molecular weight excluding hydrogens is 956 g/mol. The molecule has 3 aromatic heterocycles. The normalized spacial score (nSPS) is 11.5. The number of carboxylic acid groups (broad SMARTS) is 4. The van der Waals surface area contributed by atoms with E-state index in [-0.39, 0.29) is 43.3 Å². The molecule has 13 heteroatoms. The number of nitrogens with zero attached hydrogens (tertiary/aromatic N) is 3. The summed E-state index contributed by atoms with van der Waals surface area (Å²) in [7, 11) is 0. The van der Waals surface area contributed by atoms with E-state index in [1.165, 1.54) is 48.5 Å². The minimum atomic E-state index is -1.12. The molecule has 0 radical (unpaired) electrons. The number of aromatic amines is 1. The monoisotopic (exact) mass is 985 g/mol. The number of H-pyrrole nitrogens is 1. The summed E-state index contributed by atoms with van der Waals surface area (Å²) < 4.78 is 1.95. The van der Waals surface area contributed by atoms with Gasteiger partial charge >= 0.3 is 23.9 Å². The van der Waals surface area contributed by atoms with Crippen LogP contribution in [0.5, 0.6) is 0 Å². The van der Waals surface area contributed by atoms with Crippen molar-refractivity contribution < 1.29 is 60.7 Å². The molecule has 8 bridgehead atoms. The van der Waals surface area contributed by atoms with Gasteiger partial charge in [0.1, 0.15) is 0 Å². The molecule has 0 saturated heterocycles. The van der Waals surface area contributed by atoms with Gasteiger partial charge in [0.2, 0.25) is 0 Å². The molecule has 4 aromatic carbocycles. The zero-order chi connectivity index (χ0) is 41.7. The molecule has 300 valence electrons. The Bertz CT molecular complexity index is 3180. The van der Waals surface area contributed by atoms with Gasteiger partial charge in [0, 0.05) is 54.5 Å². The van der Waals surface area contributed by atoms with E-state index in [0.717, 1.165) is 11.0 Å². The van der Waals surface area contributed by atoms with Gasteiger partial charge in [-0.15, -0.1) is 0 Å². The fourth-order valence-electron chi connectivity index (χ4n) is 7.51. The topological polar surface area (TPSA) is 196 Å². The summed E-state index contributed by atoms with van der Waals surface area (Å²) >= 11 is 0. The molecule has 2 aliphatic rings. The van der Waals surface area contributed by atoms with E-state index < -0.39 is 23.9 Å². The van der Waals surface area contributed by atoms with Gasteiger partial charge in [-0.3, -0.25) is 0 Å². The Morgan fingerprint density at radius 1 is 0.443 bits per heavy atom. The molecule has 0 atom stereocenters. The second kappa shape index (κ2) is 16.0. The van der Waals surface area contributed by atoms with Crippen LogP contribution >= 0.6 is 0 Å². The summed E-state index contributed by atoms with van der Waals surface area (Å²) in [5.74, 6) is -4.45. The van der Waals surface area contributed by atoms with E-state index in [1.807, 2.05) is 59.2 Å². The number of carbonyl (C=O) groups is 4. The first-order valence-electron chi connectivity index (χ1n) is 18.5. The van der Waals surface area contributed by atoms with Crippen LogP contribution in [0, 0.1) is 0 Å². The van der Waals surface area contributed by atoms with Crippen molar-refractivity contribution in [3.05, 3.63) is 172 Å². The van der Waals surface area contributed by atoms with Crippen LogP contribution in [-0.4, -0.2) is 63.8 Å². The van der Waals surface area contributed by atoms with E-state index >= 15 is 0 Å². The molecular formula is C48H30N4O8Pt. The third-order valence-electron chi connectivity index (χ3n) is 10.3. The van der Waals surface area contributed by atoms with E-state index in [1.54, 1.807) is 48.5 Å². The van der Waals surface area contributed by atoms with Gasteiger partial charge in [-0.25, -0.2) is 29.1 Å². The number of hydrogen-bond donors (Lipinski definition) is 5. The maximum atomic E-state index is 12.1. The minimum Gasteiger partial charge on any atom is -0.478 e. The molecule has 2 aliphatic heterocycles. The van der Waals surface area contributed by atoms with Gasteiger partial charge in [-0.05, 0) is 132 Å². The van der Waals surface area contributed by atoms with Crippen LogP contribution in [0.15, 0.2) is 127 Å². The molecule has 0 fully saturated rings. The largest absolute Gasteiger partial charge is 0.478 e. The Labute approximate surface area is 360 Å². The van der Waals surface area contributed by atoms with Gasteiger partial charge < -0.3 is 30.0 Å². The Morgan fingerprint density at radius 2 is 0.836 bits per heavy atom. The van der Waals surface area contributed by atoms with Crippen LogP contribution in [0.25, 0.3) is 85.4 Å². The van der Waals surface area contributed by atoms with E-state index in [2.05, 4.69) is 4.98 Å². The summed E-state index contributed by atoms with van der Waals surface area (Å²) in [5.41, 5.74) is 9.34.